The summed E-state index contributed by atoms with van der Waals surface area (Å²) >= 11 is 0. The third-order valence-corrected chi connectivity index (χ3v) is 5.33. The minimum absolute atomic E-state index is 0.0820. The van der Waals surface area contributed by atoms with Crippen LogP contribution >= 0.6 is 0 Å². The summed E-state index contributed by atoms with van der Waals surface area (Å²) in [7, 11) is -1.57. The monoisotopic (exact) mass is 292 g/mol. The van der Waals surface area contributed by atoms with Gasteiger partial charge in [-0.05, 0) is 20.4 Å². The van der Waals surface area contributed by atoms with Crippen LogP contribution in [0, 0.1) is 0 Å². The Morgan fingerprint density at radius 2 is 2.16 bits per heavy atom. The number of carbonyl (C=O) groups excluding carboxylic acids is 1. The molecule has 1 aliphatic rings. The number of rotatable bonds is 5. The van der Waals surface area contributed by atoms with Crippen LogP contribution in [0.3, 0.4) is 0 Å². The molecule has 0 saturated carbocycles. The predicted octanol–water partition coefficient (Wildman–Crippen LogP) is -0.353. The van der Waals surface area contributed by atoms with Crippen molar-refractivity contribution in [3.63, 3.8) is 0 Å². The fourth-order valence-electron chi connectivity index (χ4n) is 2.48. The minimum atomic E-state index is -2.94. The fourth-order valence-corrected chi connectivity index (χ4v) is 4.11. The number of esters is 1. The molecular weight excluding hydrogens is 268 g/mol. The molecule has 7 heteroatoms. The number of hydrogen-bond donors (Lipinski definition) is 1. The van der Waals surface area contributed by atoms with E-state index in [9.17, 15) is 13.2 Å². The first-order chi connectivity index (χ1) is 8.74. The van der Waals surface area contributed by atoms with Gasteiger partial charge in [0.2, 0.25) is 0 Å². The summed E-state index contributed by atoms with van der Waals surface area (Å²) < 4.78 is 27.9. The van der Waals surface area contributed by atoms with Gasteiger partial charge in [-0.15, -0.1) is 0 Å². The second-order valence-electron chi connectivity index (χ2n) is 5.29. The Kier molecular flexibility index (Phi) is 5.34. The molecule has 0 spiro atoms. The molecule has 2 unspecified atom stereocenters. The summed E-state index contributed by atoms with van der Waals surface area (Å²) in [6.45, 7) is 7.14. The second-order valence-corrected chi connectivity index (χ2v) is 7.52. The average molecular weight is 292 g/mol. The van der Waals surface area contributed by atoms with Crippen LogP contribution in [0.2, 0.25) is 0 Å². The number of likely N-dealkylation sites (N-methyl/N-ethyl adjacent to an activating group) is 1. The van der Waals surface area contributed by atoms with E-state index in [0.29, 0.717) is 19.6 Å². The Bertz CT molecular complexity index is 423. The lowest BCUT2D eigenvalue weighted by Gasteiger charge is -2.39. The number of sulfone groups is 1. The standard InChI is InChI=1S/C12H24N2O4S/c1-5-13-12(3,11(15)18-4)9-14-6-7-19(16,17)8-10(14)2/h10,13H,5-9H2,1-4H3. The Balaban J connectivity index is 2.78. The fraction of sp³-hybridized carbons (Fsp3) is 0.917. The molecule has 1 heterocycles. The maximum Gasteiger partial charge on any atom is 0.327 e. The number of nitrogens with one attached hydrogen (secondary N) is 1. The van der Waals surface area contributed by atoms with Crippen LogP contribution in [0.25, 0.3) is 0 Å². The molecule has 19 heavy (non-hydrogen) atoms. The molecule has 1 fully saturated rings. The SMILES string of the molecule is CCNC(C)(CN1CCS(=O)(=O)CC1C)C(=O)OC. The second kappa shape index (κ2) is 6.19. The molecule has 112 valence electrons. The molecule has 1 rings (SSSR count). The Hall–Kier alpha value is -0.660. The van der Waals surface area contributed by atoms with Gasteiger partial charge < -0.3 is 10.1 Å². The number of hydrogen-bond acceptors (Lipinski definition) is 6. The van der Waals surface area contributed by atoms with Crippen LogP contribution in [0.4, 0.5) is 0 Å². The van der Waals surface area contributed by atoms with Crippen molar-refractivity contribution in [3.8, 4) is 0 Å². The van der Waals surface area contributed by atoms with Gasteiger partial charge in [-0.2, -0.15) is 0 Å². The van der Waals surface area contributed by atoms with E-state index in [1.54, 1.807) is 6.92 Å². The van der Waals surface area contributed by atoms with Crippen molar-refractivity contribution in [3.05, 3.63) is 0 Å². The summed E-state index contributed by atoms with van der Waals surface area (Å²) in [6, 6.07) is -0.0820. The Morgan fingerprint density at radius 3 is 2.63 bits per heavy atom. The molecule has 6 nitrogen and oxygen atoms in total. The summed E-state index contributed by atoms with van der Waals surface area (Å²) in [5.74, 6) is -0.0214. The zero-order valence-electron chi connectivity index (χ0n) is 12.1. The van der Waals surface area contributed by atoms with Gasteiger partial charge >= 0.3 is 5.97 Å². The van der Waals surface area contributed by atoms with E-state index in [-0.39, 0.29) is 23.5 Å². The number of ether oxygens (including phenoxy) is 1. The third-order valence-electron chi connectivity index (χ3n) is 3.53. The number of nitrogens with zero attached hydrogens (tertiary/aromatic N) is 1. The van der Waals surface area contributed by atoms with E-state index in [2.05, 4.69) is 5.32 Å². The maximum atomic E-state index is 11.9. The van der Waals surface area contributed by atoms with Crippen molar-refractivity contribution in [1.82, 2.24) is 10.2 Å². The van der Waals surface area contributed by atoms with Crippen molar-refractivity contribution in [2.24, 2.45) is 0 Å². The summed E-state index contributed by atoms with van der Waals surface area (Å²) in [4.78, 5) is 13.9. The Labute approximate surface area is 115 Å². The van der Waals surface area contributed by atoms with Crippen molar-refractivity contribution in [1.29, 1.82) is 0 Å². The van der Waals surface area contributed by atoms with E-state index in [1.165, 1.54) is 7.11 Å². The van der Waals surface area contributed by atoms with Crippen LogP contribution in [-0.2, 0) is 19.4 Å². The molecule has 1 aliphatic heterocycles. The zero-order valence-corrected chi connectivity index (χ0v) is 12.9. The van der Waals surface area contributed by atoms with Crippen molar-refractivity contribution in [2.45, 2.75) is 32.4 Å². The largest absolute Gasteiger partial charge is 0.468 e. The highest BCUT2D eigenvalue weighted by molar-refractivity contribution is 7.91. The van der Waals surface area contributed by atoms with Gasteiger partial charge in [-0.1, -0.05) is 6.92 Å². The number of carbonyl (C=O) groups is 1. The highest BCUT2D eigenvalue weighted by atomic mass is 32.2. The van der Waals surface area contributed by atoms with Crippen molar-refractivity contribution < 1.29 is 17.9 Å². The van der Waals surface area contributed by atoms with Gasteiger partial charge in [0.05, 0.1) is 18.6 Å². The molecular formula is C12H24N2O4S. The summed E-state index contributed by atoms with van der Waals surface area (Å²) in [5.41, 5.74) is -0.807. The average Bonchev–Trinajstić information content (AvgIpc) is 2.31. The highest BCUT2D eigenvalue weighted by Gasteiger charge is 2.39. The van der Waals surface area contributed by atoms with E-state index < -0.39 is 15.4 Å². The van der Waals surface area contributed by atoms with Gasteiger partial charge in [0, 0.05) is 19.1 Å². The first-order valence-corrected chi connectivity index (χ1v) is 8.34. The lowest BCUT2D eigenvalue weighted by atomic mass is 10.0. The van der Waals surface area contributed by atoms with E-state index in [0.717, 1.165) is 0 Å². The van der Waals surface area contributed by atoms with Crippen molar-refractivity contribution in [2.75, 3.05) is 38.2 Å². The molecule has 2 atom stereocenters. The van der Waals surface area contributed by atoms with Gasteiger partial charge in [0.25, 0.3) is 0 Å². The highest BCUT2D eigenvalue weighted by Crippen LogP contribution is 2.16. The topological polar surface area (TPSA) is 75.7 Å². The van der Waals surface area contributed by atoms with Gasteiger partial charge in [0.15, 0.2) is 9.84 Å². The predicted molar refractivity (Wildman–Crippen MR) is 73.8 cm³/mol. The molecule has 0 aromatic carbocycles. The molecule has 0 radical (unpaired) electrons. The molecule has 0 aromatic heterocycles. The van der Waals surface area contributed by atoms with E-state index >= 15 is 0 Å². The normalized spacial score (nSPS) is 26.6. The number of methoxy groups -OCH3 is 1. The lowest BCUT2D eigenvalue weighted by molar-refractivity contribution is -0.149. The first-order valence-electron chi connectivity index (χ1n) is 6.52. The lowest BCUT2D eigenvalue weighted by Crippen LogP contribution is -2.61. The van der Waals surface area contributed by atoms with Gasteiger partial charge in [-0.25, -0.2) is 8.42 Å². The van der Waals surface area contributed by atoms with Gasteiger partial charge in [0.1, 0.15) is 5.54 Å². The molecule has 0 aliphatic carbocycles. The summed E-state index contributed by atoms with van der Waals surface area (Å²) in [6.07, 6.45) is 0. The Morgan fingerprint density at radius 1 is 1.53 bits per heavy atom. The first kappa shape index (κ1) is 16.4. The van der Waals surface area contributed by atoms with E-state index in [1.807, 2.05) is 18.7 Å². The van der Waals surface area contributed by atoms with Crippen LogP contribution in [0.15, 0.2) is 0 Å². The molecule has 0 aromatic rings. The molecule has 0 bridgehead atoms. The van der Waals surface area contributed by atoms with Crippen molar-refractivity contribution >= 4 is 15.8 Å². The smallest absolute Gasteiger partial charge is 0.327 e. The van der Waals surface area contributed by atoms with Crippen LogP contribution in [0.1, 0.15) is 20.8 Å². The molecule has 0 amide bonds. The molecule has 1 saturated heterocycles. The zero-order chi connectivity index (χ0) is 14.7. The van der Waals surface area contributed by atoms with E-state index in [4.69, 9.17) is 4.74 Å². The van der Waals surface area contributed by atoms with Crippen LogP contribution < -0.4 is 5.32 Å². The summed E-state index contributed by atoms with van der Waals surface area (Å²) in [5, 5.41) is 3.13. The van der Waals surface area contributed by atoms with Crippen LogP contribution in [-0.4, -0.2) is 69.1 Å². The molecule has 1 N–H and O–H groups in total. The minimum Gasteiger partial charge on any atom is -0.468 e. The third kappa shape index (κ3) is 4.15. The van der Waals surface area contributed by atoms with Gasteiger partial charge in [-0.3, -0.25) is 9.69 Å². The van der Waals surface area contributed by atoms with Crippen LogP contribution in [0.5, 0.6) is 0 Å². The quantitative estimate of drug-likeness (QED) is 0.698. The maximum absolute atomic E-state index is 11.9.